The van der Waals surface area contributed by atoms with Crippen molar-refractivity contribution in [2.24, 2.45) is 5.92 Å². The molecule has 1 aliphatic carbocycles. The number of hydrogen-bond donors (Lipinski definition) is 3. The van der Waals surface area contributed by atoms with Crippen molar-refractivity contribution in [3.63, 3.8) is 0 Å². The molecular formula is C51H39N4O+. The summed E-state index contributed by atoms with van der Waals surface area (Å²) in [4.78, 5) is 3.85. The van der Waals surface area contributed by atoms with E-state index in [-0.39, 0.29) is 18.2 Å². The summed E-state index contributed by atoms with van der Waals surface area (Å²) < 4.78 is 8.93. The molecule has 268 valence electrons. The zero-order valence-corrected chi connectivity index (χ0v) is 30.7. The van der Waals surface area contributed by atoms with Crippen LogP contribution in [0.4, 0.5) is 0 Å². The molecule has 0 bridgehead atoms. The van der Waals surface area contributed by atoms with Crippen molar-refractivity contribution in [2.75, 3.05) is 0 Å². The maximum atomic E-state index is 6.51. The number of fused-ring (bicyclic) bond motifs is 6. The van der Waals surface area contributed by atoms with Gasteiger partial charge in [-0.3, -0.25) is 10.3 Å². The lowest BCUT2D eigenvalue weighted by Gasteiger charge is -2.29. The van der Waals surface area contributed by atoms with Crippen molar-refractivity contribution in [3.8, 4) is 27.9 Å². The second kappa shape index (κ2) is 13.4. The highest BCUT2D eigenvalue weighted by molar-refractivity contribution is 6.14. The molecule has 3 unspecified atom stereocenters. The van der Waals surface area contributed by atoms with Gasteiger partial charge in [0.1, 0.15) is 11.2 Å². The number of nitrogens with zero attached hydrogens (tertiary/aromatic N) is 1. The van der Waals surface area contributed by atoms with Gasteiger partial charge in [0.15, 0.2) is 12.3 Å². The quantitative estimate of drug-likeness (QED) is 0.160. The molecule has 56 heavy (non-hydrogen) atoms. The zero-order valence-electron chi connectivity index (χ0n) is 30.7. The SMILES string of the molecule is C1=CCC(C2=[NH+]C(c3cccc(-n4c5ccc(-c6ccccc6)cc5c5cc(-c6cccc7c6oc6ccccc67)ccc54)c3)NC(c3ccccc3)N2)C=C1. The summed E-state index contributed by atoms with van der Waals surface area (Å²) in [7, 11) is 0. The maximum absolute atomic E-state index is 6.51. The number of benzene rings is 7. The first-order valence-corrected chi connectivity index (χ1v) is 19.4. The Hall–Kier alpha value is -6.95. The van der Waals surface area contributed by atoms with E-state index < -0.39 is 0 Å². The molecule has 3 heterocycles. The molecule has 0 saturated heterocycles. The summed E-state index contributed by atoms with van der Waals surface area (Å²) in [5, 5.41) is 12.3. The van der Waals surface area contributed by atoms with E-state index in [1.807, 2.05) is 6.07 Å². The van der Waals surface area contributed by atoms with Crippen LogP contribution in [0.25, 0.3) is 71.7 Å². The second-order valence-corrected chi connectivity index (χ2v) is 14.8. The van der Waals surface area contributed by atoms with Gasteiger partial charge in [0.05, 0.1) is 17.0 Å². The van der Waals surface area contributed by atoms with Gasteiger partial charge < -0.3 is 8.98 Å². The molecule has 7 aromatic carbocycles. The lowest BCUT2D eigenvalue weighted by molar-refractivity contribution is -0.530. The Labute approximate surface area is 324 Å². The lowest BCUT2D eigenvalue weighted by Crippen LogP contribution is -2.85. The number of amidine groups is 1. The molecule has 5 nitrogen and oxygen atoms in total. The predicted octanol–water partition coefficient (Wildman–Crippen LogP) is 10.5. The molecule has 0 saturated carbocycles. The van der Waals surface area contributed by atoms with Crippen LogP contribution in [0.15, 0.2) is 193 Å². The fourth-order valence-electron chi connectivity index (χ4n) is 8.71. The molecule has 0 radical (unpaired) electrons. The van der Waals surface area contributed by atoms with Crippen LogP contribution in [-0.2, 0) is 0 Å². The van der Waals surface area contributed by atoms with Crippen molar-refractivity contribution < 1.29 is 9.41 Å². The minimum atomic E-state index is -0.107. The molecule has 3 atom stereocenters. The summed E-state index contributed by atoms with van der Waals surface area (Å²) in [6.45, 7) is 0. The Morgan fingerprint density at radius 3 is 2.11 bits per heavy atom. The topological polar surface area (TPSA) is 56.1 Å². The van der Waals surface area contributed by atoms with Gasteiger partial charge in [-0.05, 0) is 65.6 Å². The van der Waals surface area contributed by atoms with Gasteiger partial charge in [-0.15, -0.1) is 0 Å². The fraction of sp³-hybridized carbons (Fsp3) is 0.0784. The van der Waals surface area contributed by atoms with Gasteiger partial charge in [0, 0.05) is 43.9 Å². The molecule has 2 aliphatic rings. The first-order valence-electron chi connectivity index (χ1n) is 19.4. The predicted molar refractivity (Wildman–Crippen MR) is 229 cm³/mol. The van der Waals surface area contributed by atoms with Crippen LogP contribution >= 0.6 is 0 Å². The van der Waals surface area contributed by atoms with E-state index in [0.717, 1.165) is 62.0 Å². The Kier molecular flexibility index (Phi) is 7.78. The first kappa shape index (κ1) is 32.5. The van der Waals surface area contributed by atoms with E-state index in [2.05, 4.69) is 202 Å². The monoisotopic (exact) mass is 723 g/mol. The van der Waals surface area contributed by atoms with Gasteiger partial charge in [-0.25, -0.2) is 5.32 Å². The minimum Gasteiger partial charge on any atom is -0.455 e. The molecule has 9 aromatic rings. The maximum Gasteiger partial charge on any atom is 0.253 e. The average molecular weight is 724 g/mol. The zero-order chi connectivity index (χ0) is 37.0. The molecule has 2 aromatic heterocycles. The minimum absolute atomic E-state index is 0.0420. The van der Waals surface area contributed by atoms with E-state index in [0.29, 0.717) is 0 Å². The van der Waals surface area contributed by atoms with Crippen LogP contribution in [0.2, 0.25) is 0 Å². The van der Waals surface area contributed by atoms with E-state index in [1.54, 1.807) is 0 Å². The number of rotatable bonds is 6. The number of aromatic nitrogens is 1. The Morgan fingerprint density at radius 1 is 0.571 bits per heavy atom. The van der Waals surface area contributed by atoms with Gasteiger partial charge >= 0.3 is 0 Å². The third-order valence-electron chi connectivity index (χ3n) is 11.5. The lowest BCUT2D eigenvalue weighted by atomic mass is 9.97. The fourth-order valence-corrected chi connectivity index (χ4v) is 8.71. The third kappa shape index (κ3) is 5.55. The number of furan rings is 1. The standard InChI is InChI=1S/C51H38N4O/c1-4-14-33(15-5-1)36-26-28-45-43(31-36)44-32-37(40-23-13-24-42-41-22-10-11-25-47(41)56-48(40)42)27-29-46(44)55(45)39-21-12-20-38(30-39)51-53-49(34-16-6-2-7-17-34)52-50(54-51)35-18-8-3-9-19-35/h1-18,20-32,35,49,51,53H,19H2,(H,52,54)/p+1. The Morgan fingerprint density at radius 2 is 1.29 bits per heavy atom. The van der Waals surface area contributed by atoms with Crippen LogP contribution in [-0.4, -0.2) is 10.4 Å². The summed E-state index contributed by atoms with van der Waals surface area (Å²) >= 11 is 0. The van der Waals surface area contributed by atoms with Crippen molar-refractivity contribution in [1.29, 1.82) is 0 Å². The first-order chi connectivity index (χ1) is 27.7. The van der Waals surface area contributed by atoms with Gasteiger partial charge in [-0.1, -0.05) is 146 Å². The highest BCUT2D eigenvalue weighted by atomic mass is 16.3. The van der Waals surface area contributed by atoms with Gasteiger partial charge in [-0.2, -0.15) is 0 Å². The average Bonchev–Trinajstić information content (AvgIpc) is 3.82. The summed E-state index contributed by atoms with van der Waals surface area (Å²) in [5.41, 5.74) is 12.2. The number of allylic oxidation sites excluding steroid dienone is 3. The van der Waals surface area contributed by atoms with Crippen molar-refractivity contribution >= 4 is 49.6 Å². The van der Waals surface area contributed by atoms with Crippen LogP contribution in [0.5, 0.6) is 0 Å². The van der Waals surface area contributed by atoms with Crippen molar-refractivity contribution in [1.82, 2.24) is 15.2 Å². The van der Waals surface area contributed by atoms with Crippen LogP contribution in [0, 0.1) is 5.92 Å². The molecule has 0 fully saturated rings. The molecule has 1 aliphatic heterocycles. The Bertz CT molecular complexity index is 3020. The molecular weight excluding hydrogens is 685 g/mol. The van der Waals surface area contributed by atoms with E-state index in [4.69, 9.17) is 4.42 Å². The van der Waals surface area contributed by atoms with E-state index in [1.165, 1.54) is 33.0 Å². The Balaban J connectivity index is 1.07. The summed E-state index contributed by atoms with van der Waals surface area (Å²) in [6.07, 6.45) is 9.60. The van der Waals surface area contributed by atoms with Crippen LogP contribution in [0.3, 0.4) is 0 Å². The smallest absolute Gasteiger partial charge is 0.253 e. The molecule has 5 heteroatoms. The van der Waals surface area contributed by atoms with Crippen molar-refractivity contribution in [2.45, 2.75) is 18.8 Å². The van der Waals surface area contributed by atoms with Crippen molar-refractivity contribution in [3.05, 3.63) is 199 Å². The largest absolute Gasteiger partial charge is 0.455 e. The molecule has 11 rings (SSSR count). The second-order valence-electron chi connectivity index (χ2n) is 14.8. The summed E-state index contributed by atoms with van der Waals surface area (Å²) in [5.74, 6) is 1.39. The van der Waals surface area contributed by atoms with E-state index >= 15 is 0 Å². The number of hydrogen-bond acceptors (Lipinski definition) is 3. The summed E-state index contributed by atoms with van der Waals surface area (Å²) in [6, 6.07) is 58.8. The number of para-hydroxylation sites is 2. The molecule has 0 spiro atoms. The van der Waals surface area contributed by atoms with Crippen LogP contribution < -0.4 is 15.6 Å². The highest BCUT2D eigenvalue weighted by Crippen LogP contribution is 2.40. The van der Waals surface area contributed by atoms with E-state index in [9.17, 15) is 0 Å². The van der Waals surface area contributed by atoms with Gasteiger partial charge in [0.2, 0.25) is 0 Å². The third-order valence-corrected chi connectivity index (χ3v) is 11.5. The molecule has 0 amide bonds. The highest BCUT2D eigenvalue weighted by Gasteiger charge is 2.33. The number of nitrogens with one attached hydrogen (secondary N) is 3. The van der Waals surface area contributed by atoms with Gasteiger partial charge in [0.25, 0.3) is 5.84 Å². The normalized spacial score (nSPS) is 18.1. The molecule has 3 N–H and O–H groups in total. The van der Waals surface area contributed by atoms with Crippen LogP contribution in [0.1, 0.15) is 29.9 Å².